The highest BCUT2D eigenvalue weighted by Gasteiger charge is 2.16. The van der Waals surface area contributed by atoms with Gasteiger partial charge in [0.2, 0.25) is 0 Å². The average Bonchev–Trinajstić information content (AvgIpc) is 2.96. The summed E-state index contributed by atoms with van der Waals surface area (Å²) in [6.45, 7) is 0. The Morgan fingerprint density at radius 3 is 2.33 bits per heavy atom. The zero-order chi connectivity index (χ0) is 14.1. The van der Waals surface area contributed by atoms with E-state index in [0.717, 1.165) is 33.5 Å². The Bertz CT molecular complexity index is 880. The SMILES string of the molecule is c1ccc(-c2[nH]c3cccnc3c2-c2ccccn2)cc1. The van der Waals surface area contributed by atoms with Gasteiger partial charge in [-0.25, -0.2) is 0 Å². The van der Waals surface area contributed by atoms with Gasteiger partial charge in [-0.1, -0.05) is 36.4 Å². The molecule has 0 unspecified atom stereocenters. The summed E-state index contributed by atoms with van der Waals surface area (Å²) in [6.07, 6.45) is 3.63. The molecule has 1 aromatic carbocycles. The third kappa shape index (κ3) is 1.99. The van der Waals surface area contributed by atoms with Crippen LogP contribution in [0.2, 0.25) is 0 Å². The molecule has 100 valence electrons. The Labute approximate surface area is 122 Å². The van der Waals surface area contributed by atoms with E-state index in [9.17, 15) is 0 Å². The van der Waals surface area contributed by atoms with Gasteiger partial charge in [-0.15, -0.1) is 0 Å². The van der Waals surface area contributed by atoms with E-state index in [-0.39, 0.29) is 0 Å². The first-order valence-corrected chi connectivity index (χ1v) is 6.87. The summed E-state index contributed by atoms with van der Waals surface area (Å²) in [5.74, 6) is 0. The van der Waals surface area contributed by atoms with Crippen molar-refractivity contribution < 1.29 is 0 Å². The summed E-state index contributed by atoms with van der Waals surface area (Å²) < 4.78 is 0. The van der Waals surface area contributed by atoms with Crippen molar-refractivity contribution in [3.05, 3.63) is 73.1 Å². The van der Waals surface area contributed by atoms with Crippen LogP contribution in [0.25, 0.3) is 33.5 Å². The summed E-state index contributed by atoms with van der Waals surface area (Å²) in [5, 5.41) is 0. The van der Waals surface area contributed by atoms with E-state index in [0.29, 0.717) is 0 Å². The molecule has 4 aromatic rings. The van der Waals surface area contributed by atoms with Gasteiger partial charge < -0.3 is 4.98 Å². The van der Waals surface area contributed by atoms with Gasteiger partial charge in [0.05, 0.1) is 28.0 Å². The molecule has 0 radical (unpaired) electrons. The van der Waals surface area contributed by atoms with E-state index in [1.165, 1.54) is 0 Å². The van der Waals surface area contributed by atoms with Crippen molar-refractivity contribution in [2.24, 2.45) is 0 Å². The van der Waals surface area contributed by atoms with Crippen molar-refractivity contribution >= 4 is 11.0 Å². The fourth-order valence-corrected chi connectivity index (χ4v) is 2.60. The number of fused-ring (bicyclic) bond motifs is 1. The van der Waals surface area contributed by atoms with Crippen LogP contribution in [-0.4, -0.2) is 15.0 Å². The van der Waals surface area contributed by atoms with Crippen LogP contribution in [0.15, 0.2) is 73.1 Å². The van der Waals surface area contributed by atoms with Gasteiger partial charge in [0.15, 0.2) is 0 Å². The number of H-pyrrole nitrogens is 1. The molecule has 0 spiro atoms. The van der Waals surface area contributed by atoms with Gasteiger partial charge in [0.1, 0.15) is 0 Å². The molecule has 0 atom stereocenters. The van der Waals surface area contributed by atoms with E-state index in [2.05, 4.69) is 27.1 Å². The minimum Gasteiger partial charge on any atom is -0.353 e. The zero-order valence-electron chi connectivity index (χ0n) is 11.3. The molecule has 1 N–H and O–H groups in total. The molecule has 3 aromatic heterocycles. The molecule has 0 saturated heterocycles. The lowest BCUT2D eigenvalue weighted by atomic mass is 10.0. The number of nitrogens with zero attached hydrogens (tertiary/aromatic N) is 2. The molecule has 3 heterocycles. The van der Waals surface area contributed by atoms with Crippen LogP contribution in [0.3, 0.4) is 0 Å². The highest BCUT2D eigenvalue weighted by atomic mass is 14.8. The monoisotopic (exact) mass is 271 g/mol. The van der Waals surface area contributed by atoms with E-state index in [1.807, 2.05) is 60.9 Å². The van der Waals surface area contributed by atoms with Crippen LogP contribution >= 0.6 is 0 Å². The molecule has 0 aliphatic rings. The molecule has 3 nitrogen and oxygen atoms in total. The maximum atomic E-state index is 4.53. The lowest BCUT2D eigenvalue weighted by Crippen LogP contribution is -1.86. The molecule has 4 rings (SSSR count). The fourth-order valence-electron chi connectivity index (χ4n) is 2.60. The highest BCUT2D eigenvalue weighted by Crippen LogP contribution is 2.35. The number of rotatable bonds is 2. The molecular formula is C18H13N3. The van der Waals surface area contributed by atoms with E-state index < -0.39 is 0 Å². The van der Waals surface area contributed by atoms with Crippen molar-refractivity contribution in [2.75, 3.05) is 0 Å². The molecule has 0 saturated carbocycles. The van der Waals surface area contributed by atoms with Crippen molar-refractivity contribution in [1.29, 1.82) is 0 Å². The Kier molecular flexibility index (Phi) is 2.75. The van der Waals surface area contributed by atoms with Gasteiger partial charge in [-0.05, 0) is 29.8 Å². The number of hydrogen-bond donors (Lipinski definition) is 1. The molecular weight excluding hydrogens is 258 g/mol. The minimum atomic E-state index is 0.932. The smallest absolute Gasteiger partial charge is 0.0979 e. The fraction of sp³-hybridized carbons (Fsp3) is 0. The van der Waals surface area contributed by atoms with Crippen LogP contribution in [0, 0.1) is 0 Å². The molecule has 0 fully saturated rings. The first-order chi connectivity index (χ1) is 10.4. The molecule has 0 aliphatic heterocycles. The van der Waals surface area contributed by atoms with Gasteiger partial charge in [0.25, 0.3) is 0 Å². The summed E-state index contributed by atoms with van der Waals surface area (Å²) in [4.78, 5) is 12.5. The number of hydrogen-bond acceptors (Lipinski definition) is 2. The van der Waals surface area contributed by atoms with Crippen molar-refractivity contribution in [1.82, 2.24) is 15.0 Å². The van der Waals surface area contributed by atoms with Crippen molar-refractivity contribution in [3.63, 3.8) is 0 Å². The first-order valence-electron chi connectivity index (χ1n) is 6.87. The number of benzene rings is 1. The van der Waals surface area contributed by atoms with E-state index in [4.69, 9.17) is 0 Å². The second kappa shape index (κ2) is 4.87. The van der Waals surface area contributed by atoms with Crippen LogP contribution in [0.5, 0.6) is 0 Å². The first kappa shape index (κ1) is 11.9. The number of aromatic amines is 1. The largest absolute Gasteiger partial charge is 0.353 e. The molecule has 21 heavy (non-hydrogen) atoms. The standard InChI is InChI=1S/C18H13N3/c1-2-7-13(8-3-1)17-16(14-9-4-5-11-19-14)18-15(21-17)10-6-12-20-18/h1-12,21H. The Morgan fingerprint density at radius 2 is 1.52 bits per heavy atom. The van der Waals surface area contributed by atoms with Gasteiger partial charge in [-0.2, -0.15) is 0 Å². The number of nitrogens with one attached hydrogen (secondary N) is 1. The van der Waals surface area contributed by atoms with E-state index in [1.54, 1.807) is 0 Å². The second-order valence-corrected chi connectivity index (χ2v) is 4.86. The second-order valence-electron chi connectivity index (χ2n) is 4.86. The zero-order valence-corrected chi connectivity index (χ0v) is 11.3. The maximum absolute atomic E-state index is 4.53. The van der Waals surface area contributed by atoms with Crippen LogP contribution in [0.1, 0.15) is 0 Å². The molecule has 0 bridgehead atoms. The maximum Gasteiger partial charge on any atom is 0.0979 e. The summed E-state index contributed by atoms with van der Waals surface area (Å²) in [7, 11) is 0. The summed E-state index contributed by atoms with van der Waals surface area (Å²) in [6, 6.07) is 20.2. The third-order valence-electron chi connectivity index (χ3n) is 3.54. The lowest BCUT2D eigenvalue weighted by molar-refractivity contribution is 1.32. The van der Waals surface area contributed by atoms with Gasteiger partial charge >= 0.3 is 0 Å². The van der Waals surface area contributed by atoms with Crippen LogP contribution in [-0.2, 0) is 0 Å². The van der Waals surface area contributed by atoms with Crippen molar-refractivity contribution in [3.8, 4) is 22.5 Å². The molecule has 3 heteroatoms. The molecule has 0 amide bonds. The quantitative estimate of drug-likeness (QED) is 0.591. The van der Waals surface area contributed by atoms with Crippen molar-refractivity contribution in [2.45, 2.75) is 0 Å². The van der Waals surface area contributed by atoms with Gasteiger partial charge in [-0.3, -0.25) is 9.97 Å². The predicted octanol–water partition coefficient (Wildman–Crippen LogP) is 4.29. The topological polar surface area (TPSA) is 41.6 Å². The number of aromatic nitrogens is 3. The van der Waals surface area contributed by atoms with Crippen LogP contribution in [0.4, 0.5) is 0 Å². The minimum absolute atomic E-state index is 0.932. The van der Waals surface area contributed by atoms with E-state index >= 15 is 0 Å². The van der Waals surface area contributed by atoms with Gasteiger partial charge in [0, 0.05) is 12.4 Å². The Morgan fingerprint density at radius 1 is 0.714 bits per heavy atom. The Hall–Kier alpha value is -2.94. The molecule has 0 aliphatic carbocycles. The lowest BCUT2D eigenvalue weighted by Gasteiger charge is -2.04. The third-order valence-corrected chi connectivity index (χ3v) is 3.54. The highest BCUT2D eigenvalue weighted by molar-refractivity contribution is 6.00. The predicted molar refractivity (Wildman–Crippen MR) is 84.8 cm³/mol. The number of pyridine rings is 2. The normalized spacial score (nSPS) is 10.9. The van der Waals surface area contributed by atoms with Crippen LogP contribution < -0.4 is 0 Å². The summed E-state index contributed by atoms with van der Waals surface area (Å²) in [5.41, 5.74) is 6.16. The average molecular weight is 271 g/mol. The Balaban J connectivity index is 2.07. The summed E-state index contributed by atoms with van der Waals surface area (Å²) >= 11 is 0.